The van der Waals surface area contributed by atoms with E-state index in [4.69, 9.17) is 9.84 Å². The first kappa shape index (κ1) is 15.0. The van der Waals surface area contributed by atoms with Crippen molar-refractivity contribution in [2.45, 2.75) is 33.1 Å². The lowest BCUT2D eigenvalue weighted by Crippen LogP contribution is -2.24. The molecule has 0 atom stereocenters. The Hall–Kier alpha value is -1.06. The molecular formula is C15H25NO2. The van der Waals surface area contributed by atoms with Gasteiger partial charge in [0.2, 0.25) is 0 Å². The highest BCUT2D eigenvalue weighted by Gasteiger charge is 2.18. The van der Waals surface area contributed by atoms with Crippen LogP contribution in [0.3, 0.4) is 0 Å². The predicted molar refractivity (Wildman–Crippen MR) is 75.3 cm³/mol. The minimum atomic E-state index is 0.0832. The van der Waals surface area contributed by atoms with Crippen molar-refractivity contribution in [3.63, 3.8) is 0 Å². The zero-order valence-electron chi connectivity index (χ0n) is 11.9. The first-order valence-corrected chi connectivity index (χ1v) is 6.50. The average molecular weight is 251 g/mol. The molecule has 0 aliphatic heterocycles. The molecule has 1 aromatic carbocycles. The van der Waals surface area contributed by atoms with Gasteiger partial charge in [0.05, 0.1) is 6.61 Å². The van der Waals surface area contributed by atoms with Gasteiger partial charge < -0.3 is 15.2 Å². The van der Waals surface area contributed by atoms with Gasteiger partial charge in [-0.25, -0.2) is 0 Å². The van der Waals surface area contributed by atoms with Gasteiger partial charge in [-0.15, -0.1) is 0 Å². The van der Waals surface area contributed by atoms with Crippen molar-refractivity contribution in [1.82, 2.24) is 5.32 Å². The number of benzene rings is 1. The van der Waals surface area contributed by atoms with Gasteiger partial charge >= 0.3 is 0 Å². The van der Waals surface area contributed by atoms with E-state index in [9.17, 15) is 0 Å². The number of hydrogen-bond acceptors (Lipinski definition) is 3. The van der Waals surface area contributed by atoms with Crippen molar-refractivity contribution in [3.05, 3.63) is 29.3 Å². The molecule has 0 bridgehead atoms. The lowest BCUT2D eigenvalue weighted by atomic mass is 9.85. The van der Waals surface area contributed by atoms with Gasteiger partial charge in [-0.2, -0.15) is 0 Å². The van der Waals surface area contributed by atoms with Crippen LogP contribution in [0.1, 0.15) is 31.9 Å². The molecule has 0 heterocycles. The summed E-state index contributed by atoms with van der Waals surface area (Å²) in [5.74, 6) is 0.957. The van der Waals surface area contributed by atoms with E-state index in [0.29, 0.717) is 13.2 Å². The van der Waals surface area contributed by atoms with Crippen molar-refractivity contribution in [2.24, 2.45) is 0 Å². The fourth-order valence-corrected chi connectivity index (χ4v) is 1.79. The first-order valence-electron chi connectivity index (χ1n) is 6.50. The number of aliphatic hydroxyl groups excluding tert-OH is 1. The molecule has 2 N–H and O–H groups in total. The normalized spacial score (nSPS) is 11.6. The molecule has 0 aromatic heterocycles. The molecule has 102 valence electrons. The summed E-state index contributed by atoms with van der Waals surface area (Å²) in [6, 6.07) is 6.31. The maximum atomic E-state index is 8.66. The third-order valence-electron chi connectivity index (χ3n) is 2.77. The number of rotatable bonds is 6. The van der Waals surface area contributed by atoms with Crippen LogP contribution < -0.4 is 10.1 Å². The number of ether oxygens (including phenoxy) is 1. The third-order valence-corrected chi connectivity index (χ3v) is 2.77. The van der Waals surface area contributed by atoms with E-state index < -0.39 is 0 Å². The van der Waals surface area contributed by atoms with Crippen molar-refractivity contribution >= 4 is 0 Å². The zero-order chi connectivity index (χ0) is 13.6. The average Bonchev–Trinajstić information content (AvgIpc) is 2.29. The summed E-state index contributed by atoms with van der Waals surface area (Å²) >= 11 is 0. The van der Waals surface area contributed by atoms with E-state index in [0.717, 1.165) is 12.3 Å². The molecular weight excluding hydrogens is 226 g/mol. The van der Waals surface area contributed by atoms with Crippen molar-refractivity contribution in [1.29, 1.82) is 0 Å². The standard InChI is InChI=1S/C15H25NO2/c1-12-5-6-14(13(11-12)15(2,3)4)18-10-8-16-7-9-17/h5-6,11,16-17H,7-10H2,1-4H3. The molecule has 0 aliphatic carbocycles. The number of aryl methyl sites for hydroxylation is 1. The summed E-state index contributed by atoms with van der Waals surface area (Å²) in [5, 5.41) is 11.8. The minimum Gasteiger partial charge on any atom is -0.492 e. The number of aliphatic hydroxyl groups is 1. The fraction of sp³-hybridized carbons (Fsp3) is 0.600. The van der Waals surface area contributed by atoms with E-state index in [1.54, 1.807) is 0 Å². The van der Waals surface area contributed by atoms with Crippen molar-refractivity contribution < 1.29 is 9.84 Å². The lowest BCUT2D eigenvalue weighted by molar-refractivity contribution is 0.273. The highest BCUT2D eigenvalue weighted by atomic mass is 16.5. The molecule has 0 aliphatic rings. The maximum absolute atomic E-state index is 8.66. The molecule has 1 aromatic rings. The van der Waals surface area contributed by atoms with E-state index in [1.807, 2.05) is 6.07 Å². The summed E-state index contributed by atoms with van der Waals surface area (Å²) in [6.45, 7) is 10.8. The largest absolute Gasteiger partial charge is 0.492 e. The summed E-state index contributed by atoms with van der Waals surface area (Å²) in [6.07, 6.45) is 0. The maximum Gasteiger partial charge on any atom is 0.123 e. The van der Waals surface area contributed by atoms with Gasteiger partial charge in [-0.05, 0) is 24.0 Å². The molecule has 3 nitrogen and oxygen atoms in total. The van der Waals surface area contributed by atoms with Crippen molar-refractivity contribution in [2.75, 3.05) is 26.3 Å². The topological polar surface area (TPSA) is 41.5 Å². The number of hydrogen-bond donors (Lipinski definition) is 2. The molecule has 18 heavy (non-hydrogen) atoms. The van der Waals surface area contributed by atoms with E-state index in [-0.39, 0.29) is 12.0 Å². The first-order chi connectivity index (χ1) is 8.45. The summed E-state index contributed by atoms with van der Waals surface area (Å²) < 4.78 is 5.82. The Kier molecular flexibility index (Phi) is 5.63. The van der Waals surface area contributed by atoms with Crippen molar-refractivity contribution in [3.8, 4) is 5.75 Å². The van der Waals surface area contributed by atoms with Gasteiger partial charge in [0.1, 0.15) is 12.4 Å². The zero-order valence-corrected chi connectivity index (χ0v) is 11.9. The Bertz CT molecular complexity index is 369. The summed E-state index contributed by atoms with van der Waals surface area (Å²) in [4.78, 5) is 0. The predicted octanol–water partition coefficient (Wildman–Crippen LogP) is 2.25. The molecule has 0 saturated carbocycles. The summed E-state index contributed by atoms with van der Waals surface area (Å²) in [5.41, 5.74) is 2.58. The summed E-state index contributed by atoms with van der Waals surface area (Å²) in [7, 11) is 0. The van der Waals surface area contributed by atoms with Crippen LogP contribution in [0.2, 0.25) is 0 Å². The minimum absolute atomic E-state index is 0.0832. The Balaban J connectivity index is 2.65. The molecule has 1 rings (SSSR count). The van der Waals surface area contributed by atoms with Gasteiger partial charge in [-0.1, -0.05) is 38.5 Å². The quantitative estimate of drug-likeness (QED) is 0.762. The van der Waals surface area contributed by atoms with Crippen LogP contribution >= 0.6 is 0 Å². The van der Waals surface area contributed by atoms with Gasteiger partial charge in [0, 0.05) is 13.1 Å². The second-order valence-corrected chi connectivity index (χ2v) is 5.57. The fourth-order valence-electron chi connectivity index (χ4n) is 1.79. The Labute approximate surface area is 110 Å². The molecule has 3 heteroatoms. The Morgan fingerprint density at radius 1 is 1.22 bits per heavy atom. The van der Waals surface area contributed by atoms with Crippen LogP contribution in [-0.4, -0.2) is 31.4 Å². The van der Waals surface area contributed by atoms with Gasteiger partial charge in [0.25, 0.3) is 0 Å². The van der Waals surface area contributed by atoms with Crippen LogP contribution in [0.5, 0.6) is 5.75 Å². The molecule has 0 radical (unpaired) electrons. The molecule has 0 spiro atoms. The lowest BCUT2D eigenvalue weighted by Gasteiger charge is -2.23. The van der Waals surface area contributed by atoms with E-state index in [1.165, 1.54) is 11.1 Å². The van der Waals surface area contributed by atoms with Crippen LogP contribution in [-0.2, 0) is 5.41 Å². The Morgan fingerprint density at radius 2 is 1.94 bits per heavy atom. The van der Waals surface area contributed by atoms with Gasteiger partial charge in [0.15, 0.2) is 0 Å². The Morgan fingerprint density at radius 3 is 2.56 bits per heavy atom. The molecule has 0 saturated heterocycles. The van der Waals surface area contributed by atoms with E-state index >= 15 is 0 Å². The second kappa shape index (κ2) is 6.76. The monoisotopic (exact) mass is 251 g/mol. The second-order valence-electron chi connectivity index (χ2n) is 5.57. The smallest absolute Gasteiger partial charge is 0.123 e. The van der Waals surface area contributed by atoms with E-state index in [2.05, 4.69) is 45.1 Å². The van der Waals surface area contributed by atoms with Crippen LogP contribution in [0.25, 0.3) is 0 Å². The molecule has 0 fully saturated rings. The number of nitrogens with one attached hydrogen (secondary N) is 1. The third kappa shape index (κ3) is 4.67. The highest BCUT2D eigenvalue weighted by molar-refractivity contribution is 5.41. The van der Waals surface area contributed by atoms with Gasteiger partial charge in [-0.3, -0.25) is 0 Å². The van der Waals surface area contributed by atoms with Crippen LogP contribution in [0.4, 0.5) is 0 Å². The van der Waals surface area contributed by atoms with Crippen LogP contribution in [0, 0.1) is 6.92 Å². The van der Waals surface area contributed by atoms with Crippen LogP contribution in [0.15, 0.2) is 18.2 Å². The SMILES string of the molecule is Cc1ccc(OCCNCCO)c(C(C)(C)C)c1. The molecule has 0 amide bonds. The highest BCUT2D eigenvalue weighted by Crippen LogP contribution is 2.31. The molecule has 0 unspecified atom stereocenters.